The normalized spacial score (nSPS) is 19.1. The average Bonchev–Trinajstić information content (AvgIpc) is 3.01. The van der Waals surface area contributed by atoms with E-state index in [0.29, 0.717) is 58.4 Å². The minimum absolute atomic E-state index is 0.0172. The lowest BCUT2D eigenvalue weighted by Crippen LogP contribution is -2.45. The molecular weight excluding hydrogens is 726 g/mol. The van der Waals surface area contributed by atoms with Crippen LogP contribution in [-0.4, -0.2) is 38.0 Å². The first-order valence-electron chi connectivity index (χ1n) is 16.6. The van der Waals surface area contributed by atoms with Crippen molar-refractivity contribution in [2.24, 2.45) is 10.8 Å². The molecule has 1 aliphatic heterocycles. The molecule has 49 heavy (non-hydrogen) atoms. The van der Waals surface area contributed by atoms with Gasteiger partial charge in [0.25, 0.3) is 0 Å². The van der Waals surface area contributed by atoms with E-state index in [9.17, 15) is 18.0 Å². The number of benzene rings is 3. The number of hydrogen-bond acceptors (Lipinski definition) is 7. The van der Waals surface area contributed by atoms with Gasteiger partial charge in [-0.15, -0.1) is 0 Å². The van der Waals surface area contributed by atoms with Gasteiger partial charge in [-0.3, -0.25) is 9.59 Å². The highest BCUT2D eigenvalue weighted by Crippen LogP contribution is 2.55. The van der Waals surface area contributed by atoms with Crippen LogP contribution in [0, 0.1) is 10.8 Å². The third-order valence-electron chi connectivity index (χ3n) is 9.45. The van der Waals surface area contributed by atoms with E-state index in [1.165, 1.54) is 29.8 Å². The number of allylic oxidation sites excluding steroid dienone is 4. The molecule has 3 aliphatic rings. The Labute approximate surface area is 302 Å². The number of carbonyl (C=O) groups is 2. The Hall–Kier alpha value is -3.40. The van der Waals surface area contributed by atoms with Crippen molar-refractivity contribution in [2.75, 3.05) is 13.2 Å². The van der Waals surface area contributed by atoms with Crippen LogP contribution in [-0.2, 0) is 26.1 Å². The van der Waals surface area contributed by atoms with Gasteiger partial charge < -0.3 is 13.8 Å². The molecule has 7 nitrogen and oxygen atoms in total. The second-order valence-corrected chi connectivity index (χ2v) is 17.5. The van der Waals surface area contributed by atoms with Gasteiger partial charge in [-0.1, -0.05) is 69.6 Å². The second-order valence-electron chi connectivity index (χ2n) is 14.7. The Bertz CT molecular complexity index is 1930. The van der Waals surface area contributed by atoms with Crippen molar-refractivity contribution in [3.8, 4) is 11.5 Å². The zero-order chi connectivity index (χ0) is 35.3. The fourth-order valence-electron chi connectivity index (χ4n) is 7.39. The number of rotatable bonds is 9. The summed E-state index contributed by atoms with van der Waals surface area (Å²) in [6.07, 6.45) is 2.85. The summed E-state index contributed by atoms with van der Waals surface area (Å²) in [4.78, 5) is 30.8. The number of nitrogens with zero attached hydrogens (tertiary/aromatic N) is 1. The average molecular weight is 767 g/mol. The molecule has 0 atom stereocenters. The fourth-order valence-corrected chi connectivity index (χ4v) is 9.12. The molecular formula is C39H41BrClNO6S. The number of ether oxygens (including phenoxy) is 1. The molecule has 0 radical (unpaired) electrons. The Morgan fingerprint density at radius 2 is 1.43 bits per heavy atom. The highest BCUT2D eigenvalue weighted by atomic mass is 79.9. The van der Waals surface area contributed by atoms with Crippen LogP contribution in [0.25, 0.3) is 0 Å². The largest absolute Gasteiger partial charge is 0.490 e. The van der Waals surface area contributed by atoms with E-state index in [1.807, 2.05) is 18.2 Å². The van der Waals surface area contributed by atoms with Crippen molar-refractivity contribution in [1.29, 1.82) is 0 Å². The monoisotopic (exact) mass is 765 g/mol. The first kappa shape index (κ1) is 35.4. The molecule has 3 aromatic rings. The van der Waals surface area contributed by atoms with Gasteiger partial charge in [0.05, 0.1) is 11.1 Å². The summed E-state index contributed by atoms with van der Waals surface area (Å²) < 4.78 is 38.7. The molecule has 0 spiro atoms. The zero-order valence-electron chi connectivity index (χ0n) is 28.4. The van der Waals surface area contributed by atoms with Crippen LogP contribution >= 0.6 is 27.5 Å². The van der Waals surface area contributed by atoms with E-state index in [4.69, 9.17) is 20.5 Å². The third kappa shape index (κ3) is 7.26. The lowest BCUT2D eigenvalue weighted by Gasteiger charge is -2.49. The maximum Gasteiger partial charge on any atom is 0.339 e. The summed E-state index contributed by atoms with van der Waals surface area (Å²) in [7, 11) is -4.25. The Kier molecular flexibility index (Phi) is 9.67. The molecule has 0 fully saturated rings. The fraction of sp³-hybridized carbons (Fsp3) is 0.385. The smallest absolute Gasteiger partial charge is 0.339 e. The first-order chi connectivity index (χ1) is 23.1. The number of hydrogen-bond donors (Lipinski definition) is 0. The summed E-state index contributed by atoms with van der Waals surface area (Å²) in [6.45, 7) is 11.2. The van der Waals surface area contributed by atoms with Gasteiger partial charge in [-0.05, 0) is 100 Å². The lowest BCUT2D eigenvalue weighted by atomic mass is 9.63. The number of halogens is 2. The van der Waals surface area contributed by atoms with Crippen LogP contribution in [0.5, 0.6) is 11.5 Å². The molecule has 0 unspecified atom stereocenters. The predicted octanol–water partition coefficient (Wildman–Crippen LogP) is 9.20. The third-order valence-corrected chi connectivity index (χ3v) is 11.5. The molecule has 0 saturated heterocycles. The summed E-state index contributed by atoms with van der Waals surface area (Å²) in [5.41, 5.74) is 4.52. The quantitative estimate of drug-likeness (QED) is 0.201. The minimum atomic E-state index is -4.25. The maximum absolute atomic E-state index is 14.3. The summed E-state index contributed by atoms with van der Waals surface area (Å²) in [5.74, 6) is -0.429. The molecule has 2 aliphatic carbocycles. The number of Topliss-reactive ketones (excluding diaryl/α,β-unsaturated/α-hetero) is 2. The standard InChI is InChI=1S/C39H41BrClNO6S/c1-6-47-33-19-25(18-28(40)37(33)48-49(45,46)27-14-12-26(41)13-15-27)34-35-29(20-38(2,3)22-31(35)43)42(17-16-24-10-8-7-9-11-24)30-21-39(4,5)23-32(44)36(30)34/h7-15,18-19,34H,6,16-17,20-23H2,1-5H3. The first-order valence-corrected chi connectivity index (χ1v) is 19.2. The van der Waals surface area contributed by atoms with Crippen LogP contribution in [0.4, 0.5) is 0 Å². The van der Waals surface area contributed by atoms with E-state index in [2.05, 4.69) is 60.7 Å². The van der Waals surface area contributed by atoms with Crippen LogP contribution < -0.4 is 8.92 Å². The van der Waals surface area contributed by atoms with Crippen molar-refractivity contribution < 1.29 is 26.9 Å². The summed E-state index contributed by atoms with van der Waals surface area (Å²) in [5, 5.41) is 0.397. The number of ketones is 2. The topological polar surface area (TPSA) is 90.0 Å². The number of carbonyl (C=O) groups excluding carboxylic acids is 2. The van der Waals surface area contributed by atoms with E-state index in [0.717, 1.165) is 17.8 Å². The molecule has 3 aromatic carbocycles. The van der Waals surface area contributed by atoms with Gasteiger partial charge in [0, 0.05) is 52.9 Å². The van der Waals surface area contributed by atoms with Gasteiger partial charge in [0.1, 0.15) is 4.90 Å². The van der Waals surface area contributed by atoms with Crippen LogP contribution in [0.2, 0.25) is 5.02 Å². The molecule has 10 heteroatoms. The van der Waals surface area contributed by atoms with Gasteiger partial charge in [0.2, 0.25) is 0 Å². The minimum Gasteiger partial charge on any atom is -0.490 e. The Balaban J connectivity index is 1.51. The van der Waals surface area contributed by atoms with Gasteiger partial charge >= 0.3 is 10.1 Å². The highest BCUT2D eigenvalue weighted by molar-refractivity contribution is 9.10. The molecule has 0 aromatic heterocycles. The van der Waals surface area contributed by atoms with Crippen molar-refractivity contribution in [1.82, 2.24) is 4.90 Å². The predicted molar refractivity (Wildman–Crippen MR) is 194 cm³/mol. The van der Waals surface area contributed by atoms with E-state index in [1.54, 1.807) is 19.1 Å². The van der Waals surface area contributed by atoms with Crippen molar-refractivity contribution in [2.45, 2.75) is 77.5 Å². The zero-order valence-corrected chi connectivity index (χ0v) is 31.6. The van der Waals surface area contributed by atoms with Crippen LogP contribution in [0.3, 0.4) is 0 Å². The molecule has 0 N–H and O–H groups in total. The molecule has 1 heterocycles. The van der Waals surface area contributed by atoms with Crippen LogP contribution in [0.15, 0.2) is 98.6 Å². The van der Waals surface area contributed by atoms with Crippen LogP contribution in [0.1, 0.15) is 77.3 Å². The molecule has 0 bridgehead atoms. The molecule has 6 rings (SSSR count). The summed E-state index contributed by atoms with van der Waals surface area (Å²) in [6, 6.07) is 19.5. The molecule has 0 amide bonds. The maximum atomic E-state index is 14.3. The Morgan fingerprint density at radius 3 is 1.98 bits per heavy atom. The molecule has 258 valence electrons. The van der Waals surface area contributed by atoms with E-state index < -0.39 is 16.0 Å². The lowest BCUT2D eigenvalue weighted by molar-refractivity contribution is -0.119. The van der Waals surface area contributed by atoms with Gasteiger partial charge in [-0.2, -0.15) is 8.42 Å². The van der Waals surface area contributed by atoms with E-state index in [-0.39, 0.29) is 45.4 Å². The van der Waals surface area contributed by atoms with Gasteiger partial charge in [-0.25, -0.2) is 0 Å². The summed E-state index contributed by atoms with van der Waals surface area (Å²) >= 11 is 9.56. The SMILES string of the molecule is CCOc1cc(C2C3=C(CC(C)(C)CC3=O)N(CCc3ccccc3)C3=C2C(=O)CC(C)(C)C3)cc(Br)c1OS(=O)(=O)c1ccc(Cl)cc1. The van der Waals surface area contributed by atoms with Crippen molar-refractivity contribution >= 4 is 49.2 Å². The highest BCUT2D eigenvalue weighted by Gasteiger charge is 2.49. The second kappa shape index (κ2) is 13.4. The van der Waals surface area contributed by atoms with E-state index >= 15 is 0 Å². The molecule has 0 saturated carbocycles. The van der Waals surface area contributed by atoms with Gasteiger partial charge in [0.15, 0.2) is 23.1 Å². The van der Waals surface area contributed by atoms with Crippen molar-refractivity contribution in [3.05, 3.63) is 110 Å². The van der Waals surface area contributed by atoms with Crippen molar-refractivity contribution in [3.63, 3.8) is 0 Å². The Morgan fingerprint density at radius 1 is 0.857 bits per heavy atom.